The minimum Gasteiger partial charge on any atom is -0.480 e. The molecule has 37 heavy (non-hydrogen) atoms. The molecule has 4 atom stereocenters. The summed E-state index contributed by atoms with van der Waals surface area (Å²) >= 11 is 0. The molecule has 1 aromatic rings. The zero-order chi connectivity index (χ0) is 28.0. The molecule has 0 aliphatic rings. The van der Waals surface area contributed by atoms with Crippen LogP contribution >= 0.6 is 0 Å². The number of carbonyl (C=O) groups is 4. The minimum atomic E-state index is -1.43. The van der Waals surface area contributed by atoms with Crippen LogP contribution in [-0.4, -0.2) is 77.2 Å². The summed E-state index contributed by atoms with van der Waals surface area (Å²) in [5.41, 5.74) is 17.3. The lowest BCUT2D eigenvalue weighted by molar-refractivity contribution is -0.142. The normalized spacial score (nSPS) is 14.1. The summed E-state index contributed by atoms with van der Waals surface area (Å²) in [4.78, 5) is 53.5. The maximum atomic E-state index is 13.0. The molecule has 206 valence electrons. The van der Waals surface area contributed by atoms with Gasteiger partial charge in [-0.1, -0.05) is 44.2 Å². The van der Waals surface area contributed by atoms with E-state index in [9.17, 15) is 29.4 Å². The number of aliphatic imine (C=N–C) groups is 1. The lowest BCUT2D eigenvalue weighted by atomic mass is 10.0. The predicted octanol–water partition coefficient (Wildman–Crippen LogP) is -1.81. The average Bonchev–Trinajstić information content (AvgIpc) is 2.83. The topological polar surface area (TPSA) is 235 Å². The molecule has 0 aliphatic carbocycles. The second-order valence-electron chi connectivity index (χ2n) is 9.08. The molecule has 13 heteroatoms. The molecule has 1 aromatic carbocycles. The molecule has 0 radical (unpaired) electrons. The third-order valence-electron chi connectivity index (χ3n) is 5.35. The number of aliphatic carboxylic acids is 1. The number of carboxylic acid groups (broad SMARTS) is 1. The van der Waals surface area contributed by atoms with Crippen LogP contribution in [0.3, 0.4) is 0 Å². The van der Waals surface area contributed by atoms with Gasteiger partial charge in [0, 0.05) is 6.54 Å². The van der Waals surface area contributed by atoms with Gasteiger partial charge in [0.15, 0.2) is 5.96 Å². The fourth-order valence-corrected chi connectivity index (χ4v) is 3.44. The molecule has 3 amide bonds. The Kier molecular flexibility index (Phi) is 13.6. The molecule has 0 bridgehead atoms. The van der Waals surface area contributed by atoms with Crippen molar-refractivity contribution in [1.29, 1.82) is 0 Å². The number of carbonyl (C=O) groups excluding carboxylic acids is 3. The van der Waals surface area contributed by atoms with Crippen molar-refractivity contribution in [2.45, 2.75) is 63.7 Å². The number of guanidine groups is 1. The fourth-order valence-electron chi connectivity index (χ4n) is 3.44. The lowest BCUT2D eigenvalue weighted by Crippen LogP contribution is -2.58. The number of hydrogen-bond donors (Lipinski definition) is 8. The average molecular weight is 522 g/mol. The second kappa shape index (κ2) is 16.1. The molecule has 0 spiro atoms. The van der Waals surface area contributed by atoms with Crippen LogP contribution in [0.25, 0.3) is 0 Å². The number of amides is 3. The lowest BCUT2D eigenvalue weighted by Gasteiger charge is -2.25. The van der Waals surface area contributed by atoms with E-state index in [0.29, 0.717) is 0 Å². The molecular weight excluding hydrogens is 482 g/mol. The Labute approximate surface area is 216 Å². The number of rotatable bonds is 16. The molecule has 1 rings (SSSR count). The Morgan fingerprint density at radius 3 is 2.03 bits per heavy atom. The van der Waals surface area contributed by atoms with Gasteiger partial charge in [0.05, 0.1) is 12.6 Å². The molecule has 0 saturated carbocycles. The fraction of sp³-hybridized carbons (Fsp3) is 0.542. The molecule has 13 nitrogen and oxygen atoms in total. The molecule has 11 N–H and O–H groups in total. The largest absolute Gasteiger partial charge is 0.480 e. The highest BCUT2D eigenvalue weighted by atomic mass is 16.4. The summed E-state index contributed by atoms with van der Waals surface area (Å²) in [5.74, 6) is -3.56. The van der Waals surface area contributed by atoms with Crippen molar-refractivity contribution < 1.29 is 29.4 Å². The first-order valence-corrected chi connectivity index (χ1v) is 12.0. The highest BCUT2D eigenvalue weighted by Crippen LogP contribution is 2.08. The number of nitrogens with two attached hydrogens (primary N) is 3. The Balaban J connectivity index is 2.80. The minimum absolute atomic E-state index is 0.00408. The Morgan fingerprint density at radius 1 is 0.919 bits per heavy atom. The van der Waals surface area contributed by atoms with Crippen LogP contribution in [0.2, 0.25) is 0 Å². The van der Waals surface area contributed by atoms with E-state index < -0.39 is 54.5 Å². The SMILES string of the molecule is CC(C)CC(NC(=O)C(N)Cc1ccccc1)C(=O)NC(CO)C(=O)NC(CCCN=C(N)N)C(=O)O. The van der Waals surface area contributed by atoms with E-state index in [4.69, 9.17) is 17.2 Å². The van der Waals surface area contributed by atoms with Gasteiger partial charge >= 0.3 is 5.97 Å². The van der Waals surface area contributed by atoms with Gasteiger partial charge < -0.3 is 43.4 Å². The van der Waals surface area contributed by atoms with Gasteiger partial charge in [0.1, 0.15) is 18.1 Å². The third kappa shape index (κ3) is 12.2. The summed E-state index contributed by atoms with van der Waals surface area (Å²) in [6.45, 7) is 3.09. The van der Waals surface area contributed by atoms with E-state index in [1.54, 1.807) is 0 Å². The van der Waals surface area contributed by atoms with E-state index in [1.165, 1.54) is 0 Å². The van der Waals surface area contributed by atoms with Crippen LogP contribution in [-0.2, 0) is 25.6 Å². The zero-order valence-corrected chi connectivity index (χ0v) is 21.2. The zero-order valence-electron chi connectivity index (χ0n) is 21.2. The van der Waals surface area contributed by atoms with Crippen molar-refractivity contribution in [2.24, 2.45) is 28.1 Å². The van der Waals surface area contributed by atoms with E-state index in [-0.39, 0.29) is 44.1 Å². The number of nitrogens with zero attached hydrogens (tertiary/aromatic N) is 1. The van der Waals surface area contributed by atoms with Crippen molar-refractivity contribution >= 4 is 29.7 Å². The van der Waals surface area contributed by atoms with Crippen LogP contribution < -0.4 is 33.2 Å². The van der Waals surface area contributed by atoms with Crippen LogP contribution in [0.15, 0.2) is 35.3 Å². The van der Waals surface area contributed by atoms with Gasteiger partial charge in [-0.25, -0.2) is 4.79 Å². The standard InChI is InChI=1S/C24H39N7O6/c1-14(2)11-18(30-20(33)16(25)12-15-7-4-3-5-8-15)21(34)31-19(13-32)22(35)29-17(23(36)37)9-6-10-28-24(26)27/h3-5,7-8,14,16-19,32H,6,9-13,25H2,1-2H3,(H,29,35)(H,30,33)(H,31,34)(H,36,37)(H4,26,27,28). The van der Waals surface area contributed by atoms with E-state index in [2.05, 4.69) is 20.9 Å². The van der Waals surface area contributed by atoms with Crippen molar-refractivity contribution in [3.05, 3.63) is 35.9 Å². The number of hydrogen-bond acceptors (Lipinski definition) is 7. The quantitative estimate of drug-likeness (QED) is 0.0694. The maximum absolute atomic E-state index is 13.0. The number of benzene rings is 1. The van der Waals surface area contributed by atoms with Crippen LogP contribution in [0.1, 0.15) is 38.7 Å². The summed E-state index contributed by atoms with van der Waals surface area (Å²) in [6, 6.07) is 4.52. The third-order valence-corrected chi connectivity index (χ3v) is 5.35. The predicted molar refractivity (Wildman–Crippen MR) is 138 cm³/mol. The van der Waals surface area contributed by atoms with Crippen molar-refractivity contribution in [3.8, 4) is 0 Å². The van der Waals surface area contributed by atoms with Crippen molar-refractivity contribution in [3.63, 3.8) is 0 Å². The van der Waals surface area contributed by atoms with Crippen molar-refractivity contribution in [2.75, 3.05) is 13.2 Å². The van der Waals surface area contributed by atoms with Gasteiger partial charge in [-0.15, -0.1) is 0 Å². The maximum Gasteiger partial charge on any atom is 0.326 e. The van der Waals surface area contributed by atoms with E-state index >= 15 is 0 Å². The summed E-state index contributed by atoms with van der Waals surface area (Å²) in [7, 11) is 0. The summed E-state index contributed by atoms with van der Waals surface area (Å²) in [5, 5.41) is 26.4. The number of aliphatic hydroxyl groups is 1. The summed E-state index contributed by atoms with van der Waals surface area (Å²) < 4.78 is 0. The van der Waals surface area contributed by atoms with E-state index in [0.717, 1.165) is 5.56 Å². The van der Waals surface area contributed by atoms with Gasteiger partial charge in [-0.3, -0.25) is 19.4 Å². The molecule has 4 unspecified atom stereocenters. The molecule has 0 aliphatic heterocycles. The Hall–Kier alpha value is -3.71. The molecule has 0 fully saturated rings. The molecule has 0 saturated heterocycles. The Bertz CT molecular complexity index is 921. The highest BCUT2D eigenvalue weighted by Gasteiger charge is 2.30. The number of nitrogens with one attached hydrogen (secondary N) is 3. The van der Waals surface area contributed by atoms with E-state index in [1.807, 2.05) is 44.2 Å². The molecule has 0 aromatic heterocycles. The van der Waals surface area contributed by atoms with Gasteiger partial charge in [0.25, 0.3) is 0 Å². The summed E-state index contributed by atoms with van der Waals surface area (Å²) in [6.07, 6.45) is 0.814. The number of carboxylic acids is 1. The highest BCUT2D eigenvalue weighted by molar-refractivity contribution is 5.94. The number of aliphatic hydroxyl groups excluding tert-OH is 1. The van der Waals surface area contributed by atoms with Crippen LogP contribution in [0.4, 0.5) is 0 Å². The first-order chi connectivity index (χ1) is 17.4. The van der Waals surface area contributed by atoms with Gasteiger partial charge in [-0.05, 0) is 37.2 Å². The second-order valence-corrected chi connectivity index (χ2v) is 9.08. The Morgan fingerprint density at radius 2 is 1.49 bits per heavy atom. The van der Waals surface area contributed by atoms with Crippen LogP contribution in [0.5, 0.6) is 0 Å². The monoisotopic (exact) mass is 521 g/mol. The first-order valence-electron chi connectivity index (χ1n) is 12.0. The van der Waals surface area contributed by atoms with Gasteiger partial charge in [-0.2, -0.15) is 0 Å². The molecule has 0 heterocycles. The smallest absolute Gasteiger partial charge is 0.326 e. The van der Waals surface area contributed by atoms with Crippen LogP contribution in [0, 0.1) is 5.92 Å². The first kappa shape index (κ1) is 31.3. The van der Waals surface area contributed by atoms with Gasteiger partial charge in [0.2, 0.25) is 17.7 Å². The van der Waals surface area contributed by atoms with Crippen molar-refractivity contribution in [1.82, 2.24) is 16.0 Å². The molecular formula is C24H39N7O6.